The van der Waals surface area contributed by atoms with Gasteiger partial charge in [0.1, 0.15) is 12.1 Å². The first kappa shape index (κ1) is 32.6. The van der Waals surface area contributed by atoms with E-state index in [1.54, 1.807) is 7.11 Å². The molecule has 4 heterocycles. The molecule has 6 bridgehead atoms. The molecule has 1 aromatic heterocycles. The van der Waals surface area contributed by atoms with Crippen LogP contribution in [-0.4, -0.2) is 85.7 Å². The third-order valence-electron chi connectivity index (χ3n) is 10.2. The number of aromatic nitrogens is 1. The van der Waals surface area contributed by atoms with Gasteiger partial charge in [0.2, 0.25) is 0 Å². The number of ether oxygens (including phenoxy) is 3. The number of benzene rings is 1. The Labute approximate surface area is 271 Å². The standard InChI is InChI=1S/C35H50N6O5/c1-6-8-10-23-30(37)32(44-5)29-28-24-17-21(12-13-27(24)40(7-2)31(23)28)39-15-16-45-22(19-39)18-25(36)33(42)41-14-9-11-26(38-41)34(43)46-20-35(29,3)4/h8,10,12-13,17,22,25-26,29,32,38H,6-7,9,11,14-16,18-20,36-37H2,1-5H3/b10-8-/t22-,25-,26-,29?,32-/m0/s1. The van der Waals surface area contributed by atoms with E-state index in [-0.39, 0.29) is 30.5 Å². The van der Waals surface area contributed by atoms with Crippen LogP contribution in [0.2, 0.25) is 0 Å². The zero-order valence-electron chi connectivity index (χ0n) is 27.9. The highest BCUT2D eigenvalue weighted by molar-refractivity contribution is 5.96. The van der Waals surface area contributed by atoms with Crippen molar-refractivity contribution in [2.24, 2.45) is 16.9 Å². The van der Waals surface area contributed by atoms with Crippen LogP contribution in [0.15, 0.2) is 36.0 Å². The summed E-state index contributed by atoms with van der Waals surface area (Å²) in [6.45, 7) is 11.8. The molecule has 1 amide bonds. The summed E-state index contributed by atoms with van der Waals surface area (Å²) in [4.78, 5) is 29.2. The number of fused-ring (bicyclic) bond motifs is 6. The van der Waals surface area contributed by atoms with E-state index in [1.165, 1.54) is 5.01 Å². The van der Waals surface area contributed by atoms with Gasteiger partial charge < -0.3 is 35.1 Å². The molecule has 6 rings (SSSR count). The summed E-state index contributed by atoms with van der Waals surface area (Å²) in [7, 11) is 1.71. The molecule has 0 spiro atoms. The van der Waals surface area contributed by atoms with Crippen molar-refractivity contribution < 1.29 is 23.8 Å². The number of nitrogens with zero attached hydrogens (tertiary/aromatic N) is 3. The second-order valence-corrected chi connectivity index (χ2v) is 13.7. The number of anilines is 1. The van der Waals surface area contributed by atoms with Crippen molar-refractivity contribution in [2.45, 2.75) is 90.1 Å². The summed E-state index contributed by atoms with van der Waals surface area (Å²) in [6, 6.07) is 5.27. The van der Waals surface area contributed by atoms with Gasteiger partial charge >= 0.3 is 5.97 Å². The Morgan fingerprint density at radius 2 is 2.00 bits per heavy atom. The lowest BCUT2D eigenvalue weighted by atomic mass is 9.67. The number of esters is 1. The van der Waals surface area contributed by atoms with E-state index >= 15 is 0 Å². The molecule has 46 heavy (non-hydrogen) atoms. The van der Waals surface area contributed by atoms with Crippen molar-refractivity contribution in [3.8, 4) is 0 Å². The monoisotopic (exact) mass is 634 g/mol. The highest BCUT2D eigenvalue weighted by atomic mass is 16.5. The van der Waals surface area contributed by atoms with E-state index < -0.39 is 23.6 Å². The summed E-state index contributed by atoms with van der Waals surface area (Å²) >= 11 is 0. The molecule has 4 aliphatic rings. The molecule has 0 saturated carbocycles. The molecule has 2 fully saturated rings. The number of nitrogens with two attached hydrogens (primary N) is 2. The Kier molecular flexibility index (Phi) is 9.22. The molecule has 250 valence electrons. The number of nitrogens with one attached hydrogen (secondary N) is 1. The zero-order chi connectivity index (χ0) is 32.7. The molecule has 2 aromatic rings. The molecule has 0 radical (unpaired) electrons. The molecule has 3 aliphatic heterocycles. The smallest absolute Gasteiger partial charge is 0.324 e. The van der Waals surface area contributed by atoms with Crippen molar-refractivity contribution >= 4 is 34.0 Å². The van der Waals surface area contributed by atoms with Crippen LogP contribution in [0.3, 0.4) is 0 Å². The average molecular weight is 635 g/mol. The summed E-state index contributed by atoms with van der Waals surface area (Å²) in [5.74, 6) is -0.833. The minimum Gasteiger partial charge on any atom is -0.464 e. The fourth-order valence-corrected chi connectivity index (χ4v) is 7.84. The van der Waals surface area contributed by atoms with Crippen molar-refractivity contribution in [1.82, 2.24) is 15.0 Å². The van der Waals surface area contributed by atoms with Crippen LogP contribution < -0.4 is 21.8 Å². The average Bonchev–Trinajstić information content (AvgIpc) is 3.38. The van der Waals surface area contributed by atoms with Gasteiger partial charge in [0.25, 0.3) is 5.91 Å². The van der Waals surface area contributed by atoms with Crippen LogP contribution in [0.25, 0.3) is 16.5 Å². The van der Waals surface area contributed by atoms with Crippen LogP contribution in [0, 0.1) is 5.41 Å². The van der Waals surface area contributed by atoms with Gasteiger partial charge in [-0.2, -0.15) is 0 Å². The molecule has 1 unspecified atom stereocenters. The molecular formula is C35H50N6O5. The first-order valence-corrected chi connectivity index (χ1v) is 16.8. The fraction of sp³-hybridized carbons (Fsp3) is 0.600. The van der Waals surface area contributed by atoms with E-state index in [0.717, 1.165) is 52.9 Å². The number of carbonyl (C=O) groups excluding carboxylic acids is 2. The van der Waals surface area contributed by atoms with Crippen molar-refractivity contribution in [3.63, 3.8) is 0 Å². The van der Waals surface area contributed by atoms with Crippen molar-refractivity contribution in [2.75, 3.05) is 44.9 Å². The highest BCUT2D eigenvalue weighted by Crippen LogP contribution is 2.52. The lowest BCUT2D eigenvalue weighted by molar-refractivity contribution is -0.156. The number of methoxy groups -OCH3 is 1. The van der Waals surface area contributed by atoms with Gasteiger partial charge in [0, 0.05) is 72.5 Å². The Balaban J connectivity index is 1.54. The minimum atomic E-state index is -0.753. The maximum atomic E-state index is 13.5. The number of morpholine rings is 1. The number of hydrogen-bond donors (Lipinski definition) is 3. The summed E-state index contributed by atoms with van der Waals surface area (Å²) < 4.78 is 20.8. The number of cyclic esters (lactones) is 1. The molecule has 11 nitrogen and oxygen atoms in total. The summed E-state index contributed by atoms with van der Waals surface area (Å²) in [5.41, 5.74) is 22.2. The second-order valence-electron chi connectivity index (χ2n) is 13.7. The molecular weight excluding hydrogens is 584 g/mol. The van der Waals surface area contributed by atoms with Gasteiger partial charge in [-0.05, 0) is 56.4 Å². The third-order valence-corrected chi connectivity index (χ3v) is 10.2. The lowest BCUT2D eigenvalue weighted by Gasteiger charge is -2.43. The lowest BCUT2D eigenvalue weighted by Crippen LogP contribution is -2.59. The van der Waals surface area contributed by atoms with Gasteiger partial charge in [-0.1, -0.05) is 32.9 Å². The van der Waals surface area contributed by atoms with Gasteiger partial charge in [-0.3, -0.25) is 14.6 Å². The SMILES string of the molecule is CC/C=C\C1=C(N)[C@@H](OC)C2c3c1n(CC)c1ccc(cc31)N1CCO[C@@H](C[C@H](N)C(=O)N3CCC[C@H](N3)C(=O)OCC2(C)C)C1. The van der Waals surface area contributed by atoms with Crippen LogP contribution in [0.4, 0.5) is 5.69 Å². The van der Waals surface area contributed by atoms with Crippen LogP contribution in [0.5, 0.6) is 0 Å². The van der Waals surface area contributed by atoms with Crippen LogP contribution in [0.1, 0.15) is 70.6 Å². The fourth-order valence-electron chi connectivity index (χ4n) is 7.84. The van der Waals surface area contributed by atoms with E-state index in [1.807, 2.05) is 0 Å². The van der Waals surface area contributed by atoms with Crippen LogP contribution >= 0.6 is 0 Å². The topological polar surface area (TPSA) is 137 Å². The molecule has 1 aliphatic carbocycles. The Morgan fingerprint density at radius 3 is 2.74 bits per heavy atom. The van der Waals surface area contributed by atoms with Crippen molar-refractivity contribution in [3.05, 3.63) is 47.3 Å². The van der Waals surface area contributed by atoms with Gasteiger partial charge in [0.15, 0.2) is 0 Å². The van der Waals surface area contributed by atoms with Gasteiger partial charge in [-0.15, -0.1) is 0 Å². The van der Waals surface area contributed by atoms with E-state index in [9.17, 15) is 9.59 Å². The first-order valence-electron chi connectivity index (χ1n) is 16.8. The second kappa shape index (κ2) is 13.0. The normalized spacial score (nSPS) is 29.0. The summed E-state index contributed by atoms with van der Waals surface area (Å²) in [6.07, 6.45) is 6.14. The highest BCUT2D eigenvalue weighted by Gasteiger charge is 2.47. The predicted molar refractivity (Wildman–Crippen MR) is 179 cm³/mol. The van der Waals surface area contributed by atoms with Gasteiger partial charge in [0.05, 0.1) is 31.1 Å². The van der Waals surface area contributed by atoms with E-state index in [2.05, 4.69) is 72.9 Å². The number of allylic oxidation sites excluding steroid dienone is 3. The van der Waals surface area contributed by atoms with Crippen molar-refractivity contribution in [1.29, 1.82) is 0 Å². The maximum Gasteiger partial charge on any atom is 0.324 e. The summed E-state index contributed by atoms with van der Waals surface area (Å²) in [5, 5.41) is 2.63. The maximum absolute atomic E-state index is 13.5. The predicted octanol–water partition coefficient (Wildman–Crippen LogP) is 3.41. The van der Waals surface area contributed by atoms with E-state index in [4.69, 9.17) is 25.7 Å². The number of aryl methyl sites for hydroxylation is 1. The number of hydrogen-bond acceptors (Lipinski definition) is 9. The largest absolute Gasteiger partial charge is 0.464 e. The van der Waals surface area contributed by atoms with E-state index in [0.29, 0.717) is 44.7 Å². The number of rotatable bonds is 4. The molecule has 11 heteroatoms. The molecule has 2 saturated heterocycles. The minimum absolute atomic E-state index is 0.151. The Morgan fingerprint density at radius 1 is 1.20 bits per heavy atom. The van der Waals surface area contributed by atoms with Gasteiger partial charge in [-0.25, -0.2) is 5.43 Å². The number of amides is 1. The Hall–Kier alpha value is -3.38. The molecule has 5 atom stereocenters. The Bertz CT molecular complexity index is 1550. The zero-order valence-corrected chi connectivity index (χ0v) is 27.9. The quantitative estimate of drug-likeness (QED) is 0.432. The first-order chi connectivity index (χ1) is 22.1. The molecule has 5 N–H and O–H groups in total. The van der Waals surface area contributed by atoms with Crippen LogP contribution in [-0.2, 0) is 30.3 Å². The molecule has 1 aromatic carbocycles. The number of hydrazine groups is 1. The number of carbonyl (C=O) groups is 2. The third kappa shape index (κ3) is 5.72.